The first-order valence-corrected chi connectivity index (χ1v) is 5.67. The van der Waals surface area contributed by atoms with Crippen LogP contribution >= 0.6 is 11.6 Å². The van der Waals surface area contributed by atoms with Crippen LogP contribution in [0.3, 0.4) is 0 Å². The van der Waals surface area contributed by atoms with Gasteiger partial charge in [0.15, 0.2) is 5.76 Å². The third-order valence-electron chi connectivity index (χ3n) is 2.37. The van der Waals surface area contributed by atoms with Gasteiger partial charge in [-0.25, -0.2) is 0 Å². The molecule has 0 aliphatic heterocycles. The zero-order valence-electron chi connectivity index (χ0n) is 9.84. The minimum absolute atomic E-state index is 0.111. The quantitative estimate of drug-likeness (QED) is 0.689. The molecule has 2 rings (SSSR count). The maximum absolute atomic E-state index is 11.8. The molecule has 1 aromatic heterocycles. The second kappa shape index (κ2) is 5.11. The Balaban J connectivity index is 2.25. The molecule has 0 fully saturated rings. The molecule has 0 radical (unpaired) electrons. The van der Waals surface area contributed by atoms with Gasteiger partial charge in [-0.3, -0.25) is 14.9 Å². The van der Waals surface area contributed by atoms with Crippen molar-refractivity contribution in [2.45, 2.75) is 6.92 Å². The van der Waals surface area contributed by atoms with Crippen LogP contribution in [-0.4, -0.2) is 10.8 Å². The number of amides is 1. The number of benzene rings is 1. The summed E-state index contributed by atoms with van der Waals surface area (Å²) in [6.07, 6.45) is 0. The number of furan rings is 1. The van der Waals surface area contributed by atoms with Crippen LogP contribution in [0.15, 0.2) is 34.7 Å². The molecule has 1 aromatic carbocycles. The van der Waals surface area contributed by atoms with Gasteiger partial charge in [-0.1, -0.05) is 11.6 Å². The summed E-state index contributed by atoms with van der Waals surface area (Å²) in [5.74, 6) is 0.186. The van der Waals surface area contributed by atoms with E-state index in [0.717, 1.165) is 0 Å². The first kappa shape index (κ1) is 13.1. The fraction of sp³-hybridized carbons (Fsp3) is 0.0833. The van der Waals surface area contributed by atoms with Crippen molar-refractivity contribution in [2.75, 3.05) is 5.32 Å². The van der Waals surface area contributed by atoms with Crippen molar-refractivity contribution in [3.63, 3.8) is 0 Å². The van der Waals surface area contributed by atoms with Crippen LogP contribution in [-0.2, 0) is 0 Å². The van der Waals surface area contributed by atoms with Gasteiger partial charge < -0.3 is 9.73 Å². The average Bonchev–Trinajstić information content (AvgIpc) is 2.78. The fourth-order valence-corrected chi connectivity index (χ4v) is 1.63. The van der Waals surface area contributed by atoms with Crippen LogP contribution in [0.5, 0.6) is 0 Å². The lowest BCUT2D eigenvalue weighted by molar-refractivity contribution is -0.384. The molecule has 7 heteroatoms. The van der Waals surface area contributed by atoms with Gasteiger partial charge in [-0.05, 0) is 25.1 Å². The molecule has 0 spiro atoms. The summed E-state index contributed by atoms with van der Waals surface area (Å²) < 4.78 is 5.15. The van der Waals surface area contributed by atoms with E-state index in [-0.39, 0.29) is 22.2 Å². The SMILES string of the molecule is Cc1ccc(C(=O)Nc2cc([N+](=O)[O-])ccc2Cl)o1. The summed E-state index contributed by atoms with van der Waals surface area (Å²) >= 11 is 5.87. The molecule has 0 atom stereocenters. The Morgan fingerprint density at radius 3 is 2.68 bits per heavy atom. The second-order valence-electron chi connectivity index (χ2n) is 3.79. The highest BCUT2D eigenvalue weighted by atomic mass is 35.5. The van der Waals surface area contributed by atoms with Gasteiger partial charge in [0.2, 0.25) is 0 Å². The highest BCUT2D eigenvalue weighted by Gasteiger charge is 2.15. The monoisotopic (exact) mass is 280 g/mol. The molecule has 1 heterocycles. The Morgan fingerprint density at radius 1 is 1.37 bits per heavy atom. The van der Waals surface area contributed by atoms with E-state index in [1.165, 1.54) is 24.3 Å². The van der Waals surface area contributed by atoms with Crippen molar-refractivity contribution in [1.29, 1.82) is 0 Å². The molecule has 0 saturated carbocycles. The number of nitrogens with one attached hydrogen (secondary N) is 1. The van der Waals surface area contributed by atoms with Crippen molar-refractivity contribution in [2.24, 2.45) is 0 Å². The van der Waals surface area contributed by atoms with Gasteiger partial charge in [0.25, 0.3) is 11.6 Å². The molecule has 0 unspecified atom stereocenters. The predicted molar refractivity (Wildman–Crippen MR) is 69.5 cm³/mol. The average molecular weight is 281 g/mol. The second-order valence-corrected chi connectivity index (χ2v) is 4.19. The van der Waals surface area contributed by atoms with Crippen LogP contribution in [0.25, 0.3) is 0 Å². The predicted octanol–water partition coefficient (Wildman–Crippen LogP) is 3.40. The molecule has 0 aliphatic rings. The van der Waals surface area contributed by atoms with E-state index in [1.54, 1.807) is 13.0 Å². The standard InChI is InChI=1S/C12H9ClN2O4/c1-7-2-5-11(19-7)12(16)14-10-6-8(15(17)18)3-4-9(10)13/h2-6H,1H3,(H,14,16). The molecule has 0 saturated heterocycles. The summed E-state index contributed by atoms with van der Waals surface area (Å²) in [5.41, 5.74) is 0.00486. The number of aryl methyl sites for hydroxylation is 1. The van der Waals surface area contributed by atoms with Crippen LogP contribution in [0.4, 0.5) is 11.4 Å². The molecule has 6 nitrogen and oxygen atoms in total. The van der Waals surface area contributed by atoms with Gasteiger partial charge in [0.05, 0.1) is 15.6 Å². The number of non-ortho nitro benzene ring substituents is 1. The van der Waals surface area contributed by atoms with Gasteiger partial charge in [-0.2, -0.15) is 0 Å². The first-order valence-electron chi connectivity index (χ1n) is 5.29. The lowest BCUT2D eigenvalue weighted by Crippen LogP contribution is -2.11. The minimum atomic E-state index is -0.566. The third kappa shape index (κ3) is 2.92. The number of hydrogen-bond donors (Lipinski definition) is 1. The smallest absolute Gasteiger partial charge is 0.291 e. The van der Waals surface area contributed by atoms with Crippen molar-refractivity contribution in [3.8, 4) is 0 Å². The summed E-state index contributed by atoms with van der Waals surface area (Å²) in [7, 11) is 0. The number of halogens is 1. The summed E-state index contributed by atoms with van der Waals surface area (Å²) in [6, 6.07) is 6.95. The molecule has 0 bridgehead atoms. The maximum atomic E-state index is 11.8. The van der Waals surface area contributed by atoms with E-state index in [9.17, 15) is 14.9 Å². The molecule has 2 aromatic rings. The van der Waals surface area contributed by atoms with Crippen LogP contribution in [0, 0.1) is 17.0 Å². The Labute approximate surface area is 113 Å². The van der Waals surface area contributed by atoms with E-state index >= 15 is 0 Å². The van der Waals surface area contributed by atoms with Gasteiger partial charge >= 0.3 is 0 Å². The first-order chi connectivity index (χ1) is 8.97. The van der Waals surface area contributed by atoms with Crippen molar-refractivity contribution >= 4 is 28.9 Å². The van der Waals surface area contributed by atoms with Crippen LogP contribution in [0.1, 0.15) is 16.3 Å². The molecule has 1 amide bonds. The van der Waals surface area contributed by atoms with Crippen LogP contribution in [0.2, 0.25) is 5.02 Å². The number of nitrogens with zero attached hydrogens (tertiary/aromatic N) is 1. The number of carbonyl (C=O) groups excluding carboxylic acids is 1. The number of hydrogen-bond acceptors (Lipinski definition) is 4. The number of anilines is 1. The van der Waals surface area contributed by atoms with Gasteiger partial charge in [-0.15, -0.1) is 0 Å². The normalized spacial score (nSPS) is 10.2. The number of nitro benzene ring substituents is 1. The van der Waals surface area contributed by atoms with E-state index in [2.05, 4.69) is 5.32 Å². The van der Waals surface area contributed by atoms with Crippen molar-refractivity contribution < 1.29 is 14.1 Å². The molecule has 19 heavy (non-hydrogen) atoms. The fourth-order valence-electron chi connectivity index (χ4n) is 1.46. The third-order valence-corrected chi connectivity index (χ3v) is 2.70. The lowest BCUT2D eigenvalue weighted by Gasteiger charge is -2.05. The van der Waals surface area contributed by atoms with Crippen molar-refractivity contribution in [1.82, 2.24) is 0 Å². The zero-order valence-corrected chi connectivity index (χ0v) is 10.6. The largest absolute Gasteiger partial charge is 0.456 e. The van der Waals surface area contributed by atoms with E-state index in [1.807, 2.05) is 0 Å². The zero-order chi connectivity index (χ0) is 14.0. The van der Waals surface area contributed by atoms with Crippen molar-refractivity contribution in [3.05, 3.63) is 57.0 Å². The molecule has 98 valence electrons. The molecular formula is C12H9ClN2O4. The number of nitro groups is 1. The number of carbonyl (C=O) groups is 1. The van der Waals surface area contributed by atoms with Crippen LogP contribution < -0.4 is 5.32 Å². The van der Waals surface area contributed by atoms with Gasteiger partial charge in [0, 0.05) is 12.1 Å². The Bertz CT molecular complexity index is 651. The minimum Gasteiger partial charge on any atom is -0.456 e. The maximum Gasteiger partial charge on any atom is 0.291 e. The van der Waals surface area contributed by atoms with Gasteiger partial charge in [0.1, 0.15) is 5.76 Å². The molecular weight excluding hydrogens is 272 g/mol. The Kier molecular flexibility index (Phi) is 3.52. The Hall–Kier alpha value is -2.34. The number of rotatable bonds is 3. The summed E-state index contributed by atoms with van der Waals surface area (Å²) in [5, 5.41) is 13.3. The van der Waals surface area contributed by atoms with E-state index in [0.29, 0.717) is 5.76 Å². The lowest BCUT2D eigenvalue weighted by atomic mass is 10.2. The summed E-state index contributed by atoms with van der Waals surface area (Å²) in [4.78, 5) is 21.9. The Morgan fingerprint density at radius 2 is 2.11 bits per heavy atom. The van der Waals surface area contributed by atoms with E-state index in [4.69, 9.17) is 16.0 Å². The highest BCUT2D eigenvalue weighted by Crippen LogP contribution is 2.27. The van der Waals surface area contributed by atoms with E-state index < -0.39 is 10.8 Å². The molecule has 0 aliphatic carbocycles. The highest BCUT2D eigenvalue weighted by molar-refractivity contribution is 6.34. The summed E-state index contributed by atoms with van der Waals surface area (Å²) in [6.45, 7) is 1.71. The molecule has 1 N–H and O–H groups in total. The topological polar surface area (TPSA) is 85.4 Å².